The third kappa shape index (κ3) is 4.11. The van der Waals surface area contributed by atoms with Gasteiger partial charge in [0.05, 0.1) is 16.3 Å². The fraction of sp³-hybridized carbons (Fsp3) is 0.0833. The number of carbonyl (C=O) groups excluding carboxylic acids is 2. The molecule has 0 bridgehead atoms. The van der Waals surface area contributed by atoms with Gasteiger partial charge in [-0.2, -0.15) is 0 Å². The van der Waals surface area contributed by atoms with E-state index in [1.165, 1.54) is 30.3 Å². The number of nitrogens with zero attached hydrogens (tertiary/aromatic N) is 2. The van der Waals surface area contributed by atoms with E-state index in [2.05, 4.69) is 5.32 Å². The number of aromatic nitrogens is 1. The summed E-state index contributed by atoms with van der Waals surface area (Å²) in [4.78, 5) is 38.1. The number of rotatable bonds is 4. The van der Waals surface area contributed by atoms with E-state index in [9.17, 15) is 18.8 Å². The van der Waals surface area contributed by atoms with E-state index in [0.29, 0.717) is 5.56 Å². The third-order valence-electron chi connectivity index (χ3n) is 5.41. The van der Waals surface area contributed by atoms with Gasteiger partial charge in [0.15, 0.2) is 5.11 Å². The van der Waals surface area contributed by atoms with Gasteiger partial charge >= 0.3 is 5.97 Å². The molecule has 0 spiro atoms. The van der Waals surface area contributed by atoms with Gasteiger partial charge in [0.2, 0.25) is 0 Å². The summed E-state index contributed by atoms with van der Waals surface area (Å²) in [7, 11) is 0. The molecule has 10 heteroatoms. The van der Waals surface area contributed by atoms with Gasteiger partial charge in [-0.3, -0.25) is 19.8 Å². The van der Waals surface area contributed by atoms with Crippen molar-refractivity contribution in [2.45, 2.75) is 13.8 Å². The highest BCUT2D eigenvalue weighted by atomic mass is 35.5. The van der Waals surface area contributed by atoms with Crippen LogP contribution in [-0.2, 0) is 9.59 Å². The molecule has 1 aliphatic rings. The summed E-state index contributed by atoms with van der Waals surface area (Å²) in [6, 6.07) is 11.9. The molecule has 0 unspecified atom stereocenters. The van der Waals surface area contributed by atoms with Gasteiger partial charge in [0, 0.05) is 17.1 Å². The topological polar surface area (TPSA) is 91.6 Å². The standard InChI is InChI=1S/C24H17ClFN3O4S/c1-12-9-15(13(2)28(12)16-5-3-14(4-6-16)23(32)33)10-18-21(30)27-24(34)29(22(18)31)17-7-8-20(26)19(25)11-17/h3-11H,1-2H3,(H,32,33)(H,27,30,34). The van der Waals surface area contributed by atoms with Crippen molar-refractivity contribution in [2.24, 2.45) is 0 Å². The van der Waals surface area contributed by atoms with Crippen molar-refractivity contribution in [2.75, 3.05) is 4.90 Å². The molecule has 4 rings (SSSR count). The van der Waals surface area contributed by atoms with E-state index in [0.717, 1.165) is 28.0 Å². The van der Waals surface area contributed by atoms with Crippen molar-refractivity contribution in [1.29, 1.82) is 0 Å². The van der Waals surface area contributed by atoms with E-state index in [1.807, 2.05) is 18.4 Å². The second kappa shape index (κ2) is 8.85. The molecule has 2 aromatic carbocycles. The molecular formula is C24H17ClFN3O4S. The molecule has 1 saturated heterocycles. The lowest BCUT2D eigenvalue weighted by molar-refractivity contribution is -0.122. The zero-order valence-corrected chi connectivity index (χ0v) is 19.5. The number of aromatic carboxylic acids is 1. The van der Waals surface area contributed by atoms with Crippen molar-refractivity contribution in [3.63, 3.8) is 0 Å². The Hall–Kier alpha value is -3.82. The first kappa shape index (κ1) is 23.3. The zero-order chi connectivity index (χ0) is 24.7. The predicted molar refractivity (Wildman–Crippen MR) is 130 cm³/mol. The molecule has 0 saturated carbocycles. The van der Waals surface area contributed by atoms with Gasteiger partial charge in [-0.15, -0.1) is 0 Å². The molecule has 2 amide bonds. The van der Waals surface area contributed by atoms with Gasteiger partial charge in [-0.05, 0) is 86.2 Å². The molecule has 2 N–H and O–H groups in total. The minimum atomic E-state index is -1.02. The Labute approximate surface area is 204 Å². The fourth-order valence-electron chi connectivity index (χ4n) is 3.76. The van der Waals surface area contributed by atoms with Crippen LogP contribution in [0.1, 0.15) is 27.3 Å². The Kier molecular flexibility index (Phi) is 6.07. The van der Waals surface area contributed by atoms with Crippen LogP contribution >= 0.6 is 23.8 Å². The summed E-state index contributed by atoms with van der Waals surface area (Å²) in [6.07, 6.45) is 1.46. The lowest BCUT2D eigenvalue weighted by Gasteiger charge is -2.29. The van der Waals surface area contributed by atoms with Crippen LogP contribution in [0.4, 0.5) is 10.1 Å². The molecule has 0 aliphatic carbocycles. The SMILES string of the molecule is Cc1cc(C=C2C(=O)NC(=S)N(c3ccc(F)c(Cl)c3)C2=O)c(C)n1-c1ccc(C(=O)O)cc1. The zero-order valence-electron chi connectivity index (χ0n) is 17.9. The Morgan fingerprint density at radius 3 is 2.35 bits per heavy atom. The van der Waals surface area contributed by atoms with E-state index in [4.69, 9.17) is 28.9 Å². The Balaban J connectivity index is 1.74. The van der Waals surface area contributed by atoms with Crippen LogP contribution in [0.3, 0.4) is 0 Å². The van der Waals surface area contributed by atoms with Gasteiger partial charge in [0.1, 0.15) is 11.4 Å². The average molecular weight is 498 g/mol. The molecular weight excluding hydrogens is 481 g/mol. The molecule has 1 aromatic heterocycles. The van der Waals surface area contributed by atoms with Gasteiger partial charge in [-0.25, -0.2) is 9.18 Å². The highest BCUT2D eigenvalue weighted by Crippen LogP contribution is 2.28. The lowest BCUT2D eigenvalue weighted by atomic mass is 10.1. The van der Waals surface area contributed by atoms with E-state index >= 15 is 0 Å². The number of hydrogen-bond donors (Lipinski definition) is 2. The summed E-state index contributed by atoms with van der Waals surface area (Å²) in [5, 5.41) is 11.3. The molecule has 2 heterocycles. The number of aryl methyl sites for hydroxylation is 1. The molecule has 172 valence electrons. The first-order valence-corrected chi connectivity index (χ1v) is 10.8. The van der Waals surface area contributed by atoms with Crippen molar-refractivity contribution in [3.05, 3.63) is 87.5 Å². The minimum Gasteiger partial charge on any atom is -0.478 e. The van der Waals surface area contributed by atoms with Crippen LogP contribution in [0.15, 0.2) is 54.1 Å². The Bertz CT molecular complexity index is 1410. The molecule has 34 heavy (non-hydrogen) atoms. The fourth-order valence-corrected chi connectivity index (χ4v) is 4.21. The summed E-state index contributed by atoms with van der Waals surface area (Å²) in [5.41, 5.74) is 3.12. The van der Waals surface area contributed by atoms with Crippen LogP contribution in [0.25, 0.3) is 11.8 Å². The van der Waals surface area contributed by atoms with Crippen LogP contribution in [0.2, 0.25) is 5.02 Å². The summed E-state index contributed by atoms with van der Waals surface area (Å²) in [5.74, 6) is -3.00. The lowest BCUT2D eigenvalue weighted by Crippen LogP contribution is -2.54. The van der Waals surface area contributed by atoms with E-state index in [-0.39, 0.29) is 27.0 Å². The maximum absolute atomic E-state index is 13.6. The Morgan fingerprint density at radius 1 is 1.09 bits per heavy atom. The molecule has 1 aliphatic heterocycles. The third-order valence-corrected chi connectivity index (χ3v) is 5.98. The molecule has 3 aromatic rings. The van der Waals surface area contributed by atoms with Crippen LogP contribution in [0.5, 0.6) is 0 Å². The normalized spacial score (nSPS) is 15.1. The van der Waals surface area contributed by atoms with Crippen molar-refractivity contribution >= 4 is 58.5 Å². The average Bonchev–Trinajstić information content (AvgIpc) is 3.06. The maximum Gasteiger partial charge on any atom is 0.335 e. The summed E-state index contributed by atoms with van der Waals surface area (Å²) >= 11 is 11.0. The van der Waals surface area contributed by atoms with Crippen molar-refractivity contribution in [3.8, 4) is 5.69 Å². The molecule has 1 fully saturated rings. The van der Waals surface area contributed by atoms with Crippen molar-refractivity contribution < 1.29 is 23.9 Å². The Morgan fingerprint density at radius 2 is 1.74 bits per heavy atom. The molecule has 0 radical (unpaired) electrons. The van der Waals surface area contributed by atoms with Crippen LogP contribution in [0, 0.1) is 19.7 Å². The minimum absolute atomic E-state index is 0.140. The monoisotopic (exact) mass is 497 g/mol. The number of amides is 2. The predicted octanol–water partition coefficient (Wildman–Crippen LogP) is 4.42. The van der Waals surface area contributed by atoms with Gasteiger partial charge in [-0.1, -0.05) is 11.6 Å². The number of nitrogens with one attached hydrogen (secondary N) is 1. The highest BCUT2D eigenvalue weighted by Gasteiger charge is 2.35. The second-order valence-corrected chi connectivity index (χ2v) is 8.36. The number of carboxylic acids is 1. The van der Waals surface area contributed by atoms with Gasteiger partial charge in [0.25, 0.3) is 11.8 Å². The largest absolute Gasteiger partial charge is 0.478 e. The van der Waals surface area contributed by atoms with Crippen LogP contribution < -0.4 is 10.2 Å². The van der Waals surface area contributed by atoms with Crippen LogP contribution in [-0.4, -0.2) is 32.6 Å². The maximum atomic E-state index is 13.6. The number of carbonyl (C=O) groups is 3. The van der Waals surface area contributed by atoms with Gasteiger partial charge < -0.3 is 9.67 Å². The number of carboxylic acid groups (broad SMARTS) is 1. The smallest absolute Gasteiger partial charge is 0.335 e. The first-order valence-electron chi connectivity index (χ1n) is 9.97. The number of halogens is 2. The van der Waals surface area contributed by atoms with Crippen molar-refractivity contribution in [1.82, 2.24) is 9.88 Å². The number of hydrogen-bond acceptors (Lipinski definition) is 4. The highest BCUT2D eigenvalue weighted by molar-refractivity contribution is 7.80. The van der Waals surface area contributed by atoms with E-state index in [1.54, 1.807) is 18.2 Å². The molecule has 0 atom stereocenters. The summed E-state index contributed by atoms with van der Waals surface area (Å²) in [6.45, 7) is 3.67. The second-order valence-electron chi connectivity index (χ2n) is 7.57. The molecule has 7 nitrogen and oxygen atoms in total. The first-order chi connectivity index (χ1) is 16.1. The summed E-state index contributed by atoms with van der Waals surface area (Å²) < 4.78 is 15.5. The number of anilines is 1. The quantitative estimate of drug-likeness (QED) is 0.316. The number of benzene rings is 2. The van der Waals surface area contributed by atoms with E-state index < -0.39 is 23.6 Å². The number of thiocarbonyl (C=S) groups is 1.